The SMILES string of the molecule is CCCCCNc1ncc(C(=O)N2CCN(CC)CC2)cn1. The lowest BCUT2D eigenvalue weighted by Gasteiger charge is -2.33. The minimum absolute atomic E-state index is 0.0355. The summed E-state index contributed by atoms with van der Waals surface area (Å²) in [6.07, 6.45) is 6.77. The van der Waals surface area contributed by atoms with E-state index in [0.717, 1.165) is 45.7 Å². The number of piperazine rings is 1. The maximum absolute atomic E-state index is 12.4. The average Bonchev–Trinajstić information content (AvgIpc) is 2.59. The number of nitrogens with one attached hydrogen (secondary N) is 1. The number of carbonyl (C=O) groups is 1. The van der Waals surface area contributed by atoms with Gasteiger partial charge in [-0.1, -0.05) is 26.7 Å². The molecule has 0 radical (unpaired) electrons. The van der Waals surface area contributed by atoms with Crippen LogP contribution in [0.25, 0.3) is 0 Å². The fraction of sp³-hybridized carbons (Fsp3) is 0.688. The molecule has 0 saturated carbocycles. The zero-order chi connectivity index (χ0) is 15.8. The van der Waals surface area contributed by atoms with E-state index in [9.17, 15) is 4.79 Å². The van der Waals surface area contributed by atoms with Crippen LogP contribution < -0.4 is 5.32 Å². The highest BCUT2D eigenvalue weighted by molar-refractivity contribution is 5.93. The lowest BCUT2D eigenvalue weighted by Crippen LogP contribution is -2.48. The number of anilines is 1. The minimum Gasteiger partial charge on any atom is -0.354 e. The Bertz CT molecular complexity index is 454. The first-order valence-electron chi connectivity index (χ1n) is 8.32. The van der Waals surface area contributed by atoms with Crippen molar-refractivity contribution in [2.75, 3.05) is 44.6 Å². The largest absolute Gasteiger partial charge is 0.354 e. The Morgan fingerprint density at radius 3 is 2.41 bits per heavy atom. The fourth-order valence-electron chi connectivity index (χ4n) is 2.55. The molecule has 6 nitrogen and oxygen atoms in total. The molecule has 2 heterocycles. The molecule has 2 rings (SSSR count). The van der Waals surface area contributed by atoms with Crippen LogP contribution in [0.15, 0.2) is 12.4 Å². The number of aromatic nitrogens is 2. The van der Waals surface area contributed by atoms with E-state index in [1.54, 1.807) is 12.4 Å². The highest BCUT2D eigenvalue weighted by atomic mass is 16.2. The van der Waals surface area contributed by atoms with Crippen molar-refractivity contribution in [2.45, 2.75) is 33.1 Å². The second-order valence-corrected chi connectivity index (χ2v) is 5.66. The Morgan fingerprint density at radius 1 is 1.14 bits per heavy atom. The number of nitrogens with zero attached hydrogens (tertiary/aromatic N) is 4. The second-order valence-electron chi connectivity index (χ2n) is 5.66. The molecular formula is C16H27N5O. The number of hydrogen-bond acceptors (Lipinski definition) is 5. The third-order valence-corrected chi connectivity index (χ3v) is 4.07. The van der Waals surface area contributed by atoms with Crippen LogP contribution in [0.3, 0.4) is 0 Å². The van der Waals surface area contributed by atoms with Gasteiger partial charge in [0.05, 0.1) is 5.56 Å². The molecule has 1 aromatic rings. The van der Waals surface area contributed by atoms with Crippen molar-refractivity contribution in [1.29, 1.82) is 0 Å². The first-order chi connectivity index (χ1) is 10.7. The van der Waals surface area contributed by atoms with Crippen LogP contribution in [0, 0.1) is 0 Å². The molecule has 1 N–H and O–H groups in total. The predicted molar refractivity (Wildman–Crippen MR) is 88.1 cm³/mol. The molecule has 0 bridgehead atoms. The van der Waals surface area contributed by atoms with E-state index >= 15 is 0 Å². The summed E-state index contributed by atoms with van der Waals surface area (Å²) in [5.41, 5.74) is 0.573. The van der Waals surface area contributed by atoms with Crippen molar-refractivity contribution < 1.29 is 4.79 Å². The summed E-state index contributed by atoms with van der Waals surface area (Å²) < 4.78 is 0. The van der Waals surface area contributed by atoms with Gasteiger partial charge in [-0.25, -0.2) is 9.97 Å². The van der Waals surface area contributed by atoms with E-state index in [1.165, 1.54) is 12.8 Å². The summed E-state index contributed by atoms with van der Waals surface area (Å²) in [6, 6.07) is 0. The van der Waals surface area contributed by atoms with E-state index < -0.39 is 0 Å². The molecule has 1 aromatic heterocycles. The van der Waals surface area contributed by atoms with E-state index in [0.29, 0.717) is 11.5 Å². The smallest absolute Gasteiger partial charge is 0.257 e. The molecule has 0 unspecified atom stereocenters. The van der Waals surface area contributed by atoms with Crippen LogP contribution in [0.2, 0.25) is 0 Å². The summed E-state index contributed by atoms with van der Waals surface area (Å²) in [5, 5.41) is 3.18. The van der Waals surface area contributed by atoms with E-state index in [2.05, 4.69) is 34.0 Å². The summed E-state index contributed by atoms with van der Waals surface area (Å²) in [7, 11) is 0. The Labute approximate surface area is 132 Å². The molecule has 1 amide bonds. The molecule has 0 aromatic carbocycles. The Morgan fingerprint density at radius 2 is 1.82 bits per heavy atom. The van der Waals surface area contributed by atoms with Crippen LogP contribution >= 0.6 is 0 Å². The topological polar surface area (TPSA) is 61.4 Å². The van der Waals surface area contributed by atoms with Gasteiger partial charge in [0, 0.05) is 45.1 Å². The van der Waals surface area contributed by atoms with Gasteiger partial charge < -0.3 is 15.1 Å². The van der Waals surface area contributed by atoms with E-state index in [-0.39, 0.29) is 5.91 Å². The van der Waals surface area contributed by atoms with Crippen molar-refractivity contribution in [3.8, 4) is 0 Å². The molecule has 6 heteroatoms. The van der Waals surface area contributed by atoms with Crippen molar-refractivity contribution in [3.05, 3.63) is 18.0 Å². The molecule has 122 valence electrons. The minimum atomic E-state index is 0.0355. The Balaban J connectivity index is 1.83. The number of carbonyl (C=O) groups excluding carboxylic acids is 1. The molecule has 1 saturated heterocycles. The summed E-state index contributed by atoms with van der Waals surface area (Å²) in [6.45, 7) is 9.70. The van der Waals surface area contributed by atoms with Gasteiger partial charge in [0.2, 0.25) is 5.95 Å². The molecule has 1 aliphatic heterocycles. The van der Waals surface area contributed by atoms with Gasteiger partial charge in [0.1, 0.15) is 0 Å². The lowest BCUT2D eigenvalue weighted by atomic mass is 10.2. The Kier molecular flexibility index (Phi) is 6.58. The maximum atomic E-state index is 12.4. The third-order valence-electron chi connectivity index (χ3n) is 4.07. The van der Waals surface area contributed by atoms with Gasteiger partial charge in [-0.05, 0) is 13.0 Å². The van der Waals surface area contributed by atoms with Crippen LogP contribution in [-0.2, 0) is 0 Å². The first-order valence-corrected chi connectivity index (χ1v) is 8.32. The number of rotatable bonds is 7. The molecule has 0 atom stereocenters. The van der Waals surface area contributed by atoms with Gasteiger partial charge in [-0.15, -0.1) is 0 Å². The highest BCUT2D eigenvalue weighted by Crippen LogP contribution is 2.08. The molecule has 1 fully saturated rings. The number of amides is 1. The van der Waals surface area contributed by atoms with Crippen LogP contribution in [0.1, 0.15) is 43.5 Å². The summed E-state index contributed by atoms with van der Waals surface area (Å²) in [4.78, 5) is 25.1. The standard InChI is InChI=1S/C16H27N5O/c1-3-5-6-7-17-16-18-12-14(13-19-16)15(22)21-10-8-20(4-2)9-11-21/h12-13H,3-11H2,1-2H3,(H,17,18,19). The molecule has 22 heavy (non-hydrogen) atoms. The second kappa shape index (κ2) is 8.68. The molecule has 0 aliphatic carbocycles. The highest BCUT2D eigenvalue weighted by Gasteiger charge is 2.21. The van der Waals surface area contributed by atoms with Gasteiger partial charge in [0.15, 0.2) is 0 Å². The monoisotopic (exact) mass is 305 g/mol. The molecule has 1 aliphatic rings. The van der Waals surface area contributed by atoms with Gasteiger partial charge in [-0.3, -0.25) is 4.79 Å². The quantitative estimate of drug-likeness (QED) is 0.779. The van der Waals surface area contributed by atoms with Gasteiger partial charge in [-0.2, -0.15) is 0 Å². The predicted octanol–water partition coefficient (Wildman–Crippen LogP) is 1.86. The van der Waals surface area contributed by atoms with Gasteiger partial charge >= 0.3 is 0 Å². The van der Waals surface area contributed by atoms with E-state index in [1.807, 2.05) is 4.90 Å². The number of likely N-dealkylation sites (N-methyl/N-ethyl adjacent to an activating group) is 1. The maximum Gasteiger partial charge on any atom is 0.257 e. The Hall–Kier alpha value is -1.69. The van der Waals surface area contributed by atoms with Crippen LogP contribution in [-0.4, -0.2) is 64.9 Å². The molecule has 0 spiro atoms. The zero-order valence-electron chi connectivity index (χ0n) is 13.7. The summed E-state index contributed by atoms with van der Waals surface area (Å²) in [5.74, 6) is 0.636. The number of hydrogen-bond donors (Lipinski definition) is 1. The lowest BCUT2D eigenvalue weighted by molar-refractivity contribution is 0.0642. The number of unbranched alkanes of at least 4 members (excludes halogenated alkanes) is 2. The van der Waals surface area contributed by atoms with Crippen molar-refractivity contribution >= 4 is 11.9 Å². The van der Waals surface area contributed by atoms with Crippen molar-refractivity contribution in [3.63, 3.8) is 0 Å². The van der Waals surface area contributed by atoms with Crippen molar-refractivity contribution in [2.24, 2.45) is 0 Å². The first kappa shape index (κ1) is 16.7. The fourth-order valence-corrected chi connectivity index (χ4v) is 2.55. The average molecular weight is 305 g/mol. The van der Waals surface area contributed by atoms with Crippen molar-refractivity contribution in [1.82, 2.24) is 19.8 Å². The van der Waals surface area contributed by atoms with Crippen LogP contribution in [0.4, 0.5) is 5.95 Å². The molecular weight excluding hydrogens is 278 g/mol. The summed E-state index contributed by atoms with van der Waals surface area (Å²) >= 11 is 0. The zero-order valence-corrected chi connectivity index (χ0v) is 13.7. The normalized spacial score (nSPS) is 15.8. The van der Waals surface area contributed by atoms with Crippen LogP contribution in [0.5, 0.6) is 0 Å². The third kappa shape index (κ3) is 4.66. The van der Waals surface area contributed by atoms with E-state index in [4.69, 9.17) is 0 Å². The van der Waals surface area contributed by atoms with Gasteiger partial charge in [0.25, 0.3) is 5.91 Å².